The zero-order chi connectivity index (χ0) is 9.97. The number of benzene rings is 1. The van der Waals surface area contributed by atoms with Crippen molar-refractivity contribution in [2.45, 2.75) is 26.2 Å². The number of hydrogen-bond donors (Lipinski definition) is 0. The van der Waals surface area contributed by atoms with Crippen LogP contribution in [0.1, 0.15) is 31.7 Å². The second-order valence-corrected chi connectivity index (χ2v) is 3.62. The smallest absolute Gasteiger partial charge is 0.163 e. The Morgan fingerprint density at radius 1 is 1.14 bits per heavy atom. The van der Waals surface area contributed by atoms with Gasteiger partial charge >= 0.3 is 0 Å². The van der Waals surface area contributed by atoms with Gasteiger partial charge in [-0.25, -0.2) is 0 Å². The number of carbonyl (C=O) groups excluding carboxylic acids is 1. The highest BCUT2D eigenvalue weighted by Crippen LogP contribution is 2.32. The molecule has 0 N–H and O–H groups in total. The summed E-state index contributed by atoms with van der Waals surface area (Å²) in [6.45, 7) is 2.12. The molecule has 0 spiro atoms. The van der Waals surface area contributed by atoms with Gasteiger partial charge in [-0.2, -0.15) is 0 Å². The summed E-state index contributed by atoms with van der Waals surface area (Å²) in [5, 5.41) is 0. The van der Waals surface area contributed by atoms with Crippen LogP contribution in [0.4, 0.5) is 0 Å². The topological polar surface area (TPSA) is 17.1 Å². The number of Topliss-reactive ketones (excluding diaryl/α,β-unsaturated/α-hetero) is 1. The fraction of sp³-hybridized carbons (Fsp3) is 0.308. The van der Waals surface area contributed by atoms with Gasteiger partial charge in [-0.05, 0) is 18.4 Å². The van der Waals surface area contributed by atoms with Crippen molar-refractivity contribution in [1.29, 1.82) is 0 Å². The van der Waals surface area contributed by atoms with Gasteiger partial charge in [-0.1, -0.05) is 42.8 Å². The number of ketones is 1. The Balaban J connectivity index is 2.46. The Morgan fingerprint density at radius 2 is 1.86 bits per heavy atom. The Bertz CT molecular complexity index is 373. The zero-order valence-electron chi connectivity index (χ0n) is 8.42. The number of allylic oxidation sites excluding steroid dienone is 2. The average Bonchev–Trinajstić information content (AvgIpc) is 2.61. The molecule has 0 atom stereocenters. The molecule has 0 saturated carbocycles. The van der Waals surface area contributed by atoms with E-state index in [1.54, 1.807) is 0 Å². The van der Waals surface area contributed by atoms with Crippen LogP contribution in [-0.2, 0) is 4.79 Å². The van der Waals surface area contributed by atoms with Crippen molar-refractivity contribution in [3.05, 3.63) is 41.5 Å². The minimum Gasteiger partial charge on any atom is -0.294 e. The molecule has 1 heteroatoms. The molecular weight excluding hydrogens is 172 g/mol. The molecule has 0 aromatic heterocycles. The molecule has 14 heavy (non-hydrogen) atoms. The van der Waals surface area contributed by atoms with Crippen LogP contribution in [0.5, 0.6) is 0 Å². The number of carbonyl (C=O) groups is 1. The number of rotatable bonds is 2. The van der Waals surface area contributed by atoms with Gasteiger partial charge in [0.25, 0.3) is 0 Å². The Morgan fingerprint density at radius 3 is 2.50 bits per heavy atom. The molecule has 2 rings (SSSR count). The van der Waals surface area contributed by atoms with E-state index in [2.05, 4.69) is 6.92 Å². The van der Waals surface area contributed by atoms with E-state index in [0.717, 1.165) is 24.0 Å². The van der Waals surface area contributed by atoms with Crippen molar-refractivity contribution >= 4 is 11.4 Å². The summed E-state index contributed by atoms with van der Waals surface area (Å²) < 4.78 is 0. The predicted octanol–water partition coefficient (Wildman–Crippen LogP) is 3.21. The molecule has 0 radical (unpaired) electrons. The van der Waals surface area contributed by atoms with E-state index in [-0.39, 0.29) is 0 Å². The second kappa shape index (κ2) is 3.79. The first-order chi connectivity index (χ1) is 6.83. The van der Waals surface area contributed by atoms with Crippen LogP contribution in [0.2, 0.25) is 0 Å². The average molecular weight is 186 g/mol. The van der Waals surface area contributed by atoms with Crippen molar-refractivity contribution < 1.29 is 4.79 Å². The van der Waals surface area contributed by atoms with E-state index in [4.69, 9.17) is 0 Å². The van der Waals surface area contributed by atoms with Gasteiger partial charge in [-0.3, -0.25) is 4.79 Å². The minimum atomic E-state index is 0.313. The molecule has 72 valence electrons. The Hall–Kier alpha value is -1.37. The van der Waals surface area contributed by atoms with Crippen LogP contribution >= 0.6 is 0 Å². The number of hydrogen-bond acceptors (Lipinski definition) is 1. The molecule has 0 saturated heterocycles. The van der Waals surface area contributed by atoms with Gasteiger partial charge in [0.05, 0.1) is 0 Å². The van der Waals surface area contributed by atoms with Gasteiger partial charge < -0.3 is 0 Å². The molecule has 1 nitrogen and oxygen atoms in total. The first-order valence-corrected chi connectivity index (χ1v) is 5.13. The summed E-state index contributed by atoms with van der Waals surface area (Å²) in [6, 6.07) is 10.00. The molecular formula is C13H14O. The molecule has 0 bridgehead atoms. The van der Waals surface area contributed by atoms with E-state index in [9.17, 15) is 4.79 Å². The van der Waals surface area contributed by atoms with Gasteiger partial charge in [0.15, 0.2) is 5.78 Å². The third-order valence-electron chi connectivity index (χ3n) is 2.78. The predicted molar refractivity (Wildman–Crippen MR) is 57.9 cm³/mol. The summed E-state index contributed by atoms with van der Waals surface area (Å²) in [4.78, 5) is 11.7. The molecule has 1 aliphatic rings. The van der Waals surface area contributed by atoms with Crippen molar-refractivity contribution in [2.75, 3.05) is 0 Å². The third kappa shape index (κ3) is 1.50. The molecule has 0 heterocycles. The maximum absolute atomic E-state index is 11.7. The Kier molecular flexibility index (Phi) is 2.49. The first-order valence-electron chi connectivity index (χ1n) is 5.13. The van der Waals surface area contributed by atoms with Gasteiger partial charge in [0.1, 0.15) is 0 Å². The molecule has 0 fully saturated rings. The Labute approximate surface area is 84.5 Å². The molecule has 0 unspecified atom stereocenters. The lowest BCUT2D eigenvalue weighted by atomic mass is 10.0. The van der Waals surface area contributed by atoms with Crippen LogP contribution in [0, 0.1) is 0 Å². The summed E-state index contributed by atoms with van der Waals surface area (Å²) in [5.41, 5.74) is 3.39. The normalized spacial score (nSPS) is 16.5. The largest absolute Gasteiger partial charge is 0.294 e. The molecule has 1 aliphatic carbocycles. The fourth-order valence-corrected chi connectivity index (χ4v) is 2.04. The molecule has 1 aromatic rings. The summed E-state index contributed by atoms with van der Waals surface area (Å²) in [5.74, 6) is 0.313. The van der Waals surface area contributed by atoms with Crippen LogP contribution in [-0.4, -0.2) is 5.78 Å². The highest BCUT2D eigenvalue weighted by atomic mass is 16.1. The van der Waals surface area contributed by atoms with Gasteiger partial charge in [0, 0.05) is 12.0 Å². The maximum atomic E-state index is 11.7. The molecule has 0 aliphatic heterocycles. The second-order valence-electron chi connectivity index (χ2n) is 3.62. The monoisotopic (exact) mass is 186 g/mol. The van der Waals surface area contributed by atoms with E-state index < -0.39 is 0 Å². The van der Waals surface area contributed by atoms with Gasteiger partial charge in [-0.15, -0.1) is 0 Å². The lowest BCUT2D eigenvalue weighted by Crippen LogP contribution is -1.95. The summed E-state index contributed by atoms with van der Waals surface area (Å²) in [6.07, 6.45) is 2.66. The third-order valence-corrected chi connectivity index (χ3v) is 2.78. The minimum absolute atomic E-state index is 0.313. The van der Waals surface area contributed by atoms with Crippen LogP contribution < -0.4 is 0 Å². The summed E-state index contributed by atoms with van der Waals surface area (Å²) in [7, 11) is 0. The van der Waals surface area contributed by atoms with Gasteiger partial charge in [0.2, 0.25) is 0 Å². The molecule has 1 aromatic carbocycles. The summed E-state index contributed by atoms with van der Waals surface area (Å²) >= 11 is 0. The van der Waals surface area contributed by atoms with Crippen molar-refractivity contribution in [3.8, 4) is 0 Å². The quantitative estimate of drug-likeness (QED) is 0.693. The van der Waals surface area contributed by atoms with Crippen molar-refractivity contribution in [1.82, 2.24) is 0 Å². The molecule has 0 amide bonds. The maximum Gasteiger partial charge on any atom is 0.163 e. The van der Waals surface area contributed by atoms with E-state index in [1.165, 1.54) is 5.57 Å². The van der Waals surface area contributed by atoms with Crippen LogP contribution in [0.15, 0.2) is 35.9 Å². The highest BCUT2D eigenvalue weighted by molar-refractivity contribution is 6.23. The van der Waals surface area contributed by atoms with E-state index in [0.29, 0.717) is 12.2 Å². The van der Waals surface area contributed by atoms with Crippen LogP contribution in [0.25, 0.3) is 5.57 Å². The van der Waals surface area contributed by atoms with Crippen LogP contribution in [0.3, 0.4) is 0 Å². The zero-order valence-corrected chi connectivity index (χ0v) is 8.42. The standard InChI is InChI=1S/C13H14O/c1-2-10-8-9-12(14)13(10)11-6-4-3-5-7-11/h3-7H,2,8-9H2,1H3. The van der Waals surface area contributed by atoms with E-state index in [1.807, 2.05) is 30.3 Å². The lowest BCUT2D eigenvalue weighted by molar-refractivity contribution is -0.113. The van der Waals surface area contributed by atoms with E-state index >= 15 is 0 Å². The van der Waals surface area contributed by atoms with Crippen molar-refractivity contribution in [2.24, 2.45) is 0 Å². The van der Waals surface area contributed by atoms with Crippen molar-refractivity contribution in [3.63, 3.8) is 0 Å². The fourth-order valence-electron chi connectivity index (χ4n) is 2.04. The first kappa shape index (κ1) is 9.20. The highest BCUT2D eigenvalue weighted by Gasteiger charge is 2.22. The SMILES string of the molecule is CCC1=C(c2ccccc2)C(=O)CC1. The lowest BCUT2D eigenvalue weighted by Gasteiger charge is -2.03.